The van der Waals surface area contributed by atoms with Crippen LogP contribution in [-0.2, 0) is 4.79 Å². The van der Waals surface area contributed by atoms with Crippen molar-refractivity contribution in [3.63, 3.8) is 0 Å². The fraction of sp³-hybridized carbons (Fsp3) is 0.923. The molecule has 0 spiro atoms. The molecule has 1 amide bonds. The second kappa shape index (κ2) is 5.83. The van der Waals surface area contributed by atoms with Gasteiger partial charge >= 0.3 is 0 Å². The highest BCUT2D eigenvalue weighted by Crippen LogP contribution is 2.23. The van der Waals surface area contributed by atoms with E-state index < -0.39 is 0 Å². The third-order valence-electron chi connectivity index (χ3n) is 4.18. The van der Waals surface area contributed by atoms with Gasteiger partial charge in [-0.2, -0.15) is 0 Å². The number of piperidine rings is 2. The van der Waals surface area contributed by atoms with Crippen LogP contribution in [0, 0.1) is 11.8 Å². The molecule has 0 aromatic carbocycles. The smallest absolute Gasteiger partial charge is 0.226 e. The molecule has 17 heavy (non-hydrogen) atoms. The Morgan fingerprint density at radius 1 is 1.47 bits per heavy atom. The van der Waals surface area contributed by atoms with Crippen molar-refractivity contribution in [1.82, 2.24) is 10.2 Å². The van der Waals surface area contributed by atoms with Gasteiger partial charge in [-0.05, 0) is 32.2 Å². The molecule has 98 valence electrons. The molecule has 0 aromatic rings. The SMILES string of the molecule is CC[C@@H]1CN(C(=O)[C@@H]2CCCNC2)CC[C@@H]1O. The average molecular weight is 240 g/mol. The summed E-state index contributed by atoms with van der Waals surface area (Å²) in [7, 11) is 0. The van der Waals surface area contributed by atoms with Crippen molar-refractivity contribution < 1.29 is 9.90 Å². The first kappa shape index (κ1) is 12.8. The van der Waals surface area contributed by atoms with E-state index in [2.05, 4.69) is 12.2 Å². The summed E-state index contributed by atoms with van der Waals surface area (Å²) >= 11 is 0. The molecule has 2 N–H and O–H groups in total. The summed E-state index contributed by atoms with van der Waals surface area (Å²) in [6.45, 7) is 5.43. The Morgan fingerprint density at radius 3 is 2.94 bits per heavy atom. The molecule has 2 saturated heterocycles. The number of hydrogen-bond acceptors (Lipinski definition) is 3. The number of likely N-dealkylation sites (tertiary alicyclic amines) is 1. The molecule has 0 saturated carbocycles. The van der Waals surface area contributed by atoms with Crippen LogP contribution in [0.2, 0.25) is 0 Å². The van der Waals surface area contributed by atoms with Crippen LogP contribution in [0.4, 0.5) is 0 Å². The Morgan fingerprint density at radius 2 is 2.29 bits per heavy atom. The highest BCUT2D eigenvalue weighted by molar-refractivity contribution is 5.79. The topological polar surface area (TPSA) is 52.6 Å². The number of carbonyl (C=O) groups excluding carboxylic acids is 1. The molecule has 4 heteroatoms. The summed E-state index contributed by atoms with van der Waals surface area (Å²) in [4.78, 5) is 14.3. The number of amides is 1. The molecule has 2 heterocycles. The third kappa shape index (κ3) is 2.99. The summed E-state index contributed by atoms with van der Waals surface area (Å²) in [6, 6.07) is 0. The van der Waals surface area contributed by atoms with Crippen LogP contribution in [0.15, 0.2) is 0 Å². The first-order valence-corrected chi connectivity index (χ1v) is 6.90. The van der Waals surface area contributed by atoms with Gasteiger partial charge in [-0.25, -0.2) is 0 Å². The number of rotatable bonds is 2. The van der Waals surface area contributed by atoms with Crippen LogP contribution in [0.5, 0.6) is 0 Å². The largest absolute Gasteiger partial charge is 0.393 e. The van der Waals surface area contributed by atoms with Crippen LogP contribution >= 0.6 is 0 Å². The van der Waals surface area contributed by atoms with Crippen LogP contribution < -0.4 is 5.32 Å². The van der Waals surface area contributed by atoms with Gasteiger partial charge in [0.05, 0.1) is 12.0 Å². The Hall–Kier alpha value is -0.610. The van der Waals surface area contributed by atoms with Crippen molar-refractivity contribution in [1.29, 1.82) is 0 Å². The highest BCUT2D eigenvalue weighted by atomic mass is 16.3. The van der Waals surface area contributed by atoms with Gasteiger partial charge in [-0.15, -0.1) is 0 Å². The number of aliphatic hydroxyl groups excluding tert-OH is 1. The number of aliphatic hydroxyl groups is 1. The van der Waals surface area contributed by atoms with E-state index >= 15 is 0 Å². The zero-order valence-electron chi connectivity index (χ0n) is 10.7. The van der Waals surface area contributed by atoms with Gasteiger partial charge < -0.3 is 15.3 Å². The van der Waals surface area contributed by atoms with E-state index in [0.29, 0.717) is 5.91 Å². The van der Waals surface area contributed by atoms with E-state index in [0.717, 1.165) is 51.9 Å². The standard InChI is InChI=1S/C13H24N2O2/c1-2-10-9-15(7-5-12(10)16)13(17)11-4-3-6-14-8-11/h10-12,14,16H,2-9H2,1H3/t10-,11-,12+/m1/s1. The quantitative estimate of drug-likeness (QED) is 0.743. The summed E-state index contributed by atoms with van der Waals surface area (Å²) in [5, 5.41) is 13.1. The molecule has 0 aliphatic carbocycles. The molecular formula is C13H24N2O2. The predicted octanol–water partition coefficient (Wildman–Crippen LogP) is 0.605. The monoisotopic (exact) mass is 240 g/mol. The van der Waals surface area contributed by atoms with E-state index in [4.69, 9.17) is 0 Å². The first-order chi connectivity index (χ1) is 8.22. The van der Waals surface area contributed by atoms with Gasteiger partial charge in [0.15, 0.2) is 0 Å². The maximum atomic E-state index is 12.3. The van der Waals surface area contributed by atoms with E-state index in [1.54, 1.807) is 0 Å². The number of nitrogens with one attached hydrogen (secondary N) is 1. The second-order valence-corrected chi connectivity index (χ2v) is 5.35. The van der Waals surface area contributed by atoms with Crippen LogP contribution in [0.1, 0.15) is 32.6 Å². The van der Waals surface area contributed by atoms with Gasteiger partial charge in [-0.1, -0.05) is 6.92 Å². The molecular weight excluding hydrogens is 216 g/mol. The van der Waals surface area contributed by atoms with Crippen molar-refractivity contribution in [2.75, 3.05) is 26.2 Å². The number of nitrogens with zero attached hydrogens (tertiary/aromatic N) is 1. The first-order valence-electron chi connectivity index (χ1n) is 6.90. The molecule has 0 unspecified atom stereocenters. The minimum atomic E-state index is -0.214. The summed E-state index contributed by atoms with van der Waals surface area (Å²) in [6.07, 6.45) is 3.60. The molecule has 0 radical (unpaired) electrons. The maximum absolute atomic E-state index is 12.3. The van der Waals surface area contributed by atoms with Crippen molar-refractivity contribution in [2.45, 2.75) is 38.7 Å². The van der Waals surface area contributed by atoms with Crippen LogP contribution in [-0.4, -0.2) is 48.2 Å². The minimum Gasteiger partial charge on any atom is -0.393 e. The zero-order valence-corrected chi connectivity index (χ0v) is 10.7. The average Bonchev–Trinajstić information content (AvgIpc) is 2.39. The van der Waals surface area contributed by atoms with Crippen molar-refractivity contribution >= 4 is 5.91 Å². The van der Waals surface area contributed by atoms with Gasteiger partial charge in [0.25, 0.3) is 0 Å². The Bertz CT molecular complexity index is 264. The van der Waals surface area contributed by atoms with E-state index in [1.165, 1.54) is 0 Å². The Labute approximate surface area is 103 Å². The van der Waals surface area contributed by atoms with Gasteiger partial charge in [0.2, 0.25) is 5.91 Å². The minimum absolute atomic E-state index is 0.163. The molecule has 0 bridgehead atoms. The van der Waals surface area contributed by atoms with Crippen LogP contribution in [0.25, 0.3) is 0 Å². The molecule has 4 nitrogen and oxygen atoms in total. The highest BCUT2D eigenvalue weighted by Gasteiger charge is 2.32. The molecule has 2 aliphatic rings. The Kier molecular flexibility index (Phi) is 4.40. The molecule has 0 aromatic heterocycles. The molecule has 3 atom stereocenters. The fourth-order valence-corrected chi connectivity index (χ4v) is 2.94. The predicted molar refractivity (Wildman–Crippen MR) is 66.6 cm³/mol. The fourth-order valence-electron chi connectivity index (χ4n) is 2.94. The van der Waals surface area contributed by atoms with E-state index in [9.17, 15) is 9.90 Å². The van der Waals surface area contributed by atoms with Gasteiger partial charge in [-0.3, -0.25) is 4.79 Å². The van der Waals surface area contributed by atoms with E-state index in [1.807, 2.05) is 4.90 Å². The lowest BCUT2D eigenvalue weighted by Crippen LogP contribution is -2.50. The Balaban J connectivity index is 1.90. The summed E-state index contributed by atoms with van der Waals surface area (Å²) in [5.41, 5.74) is 0. The van der Waals surface area contributed by atoms with Crippen molar-refractivity contribution in [3.05, 3.63) is 0 Å². The van der Waals surface area contributed by atoms with Gasteiger partial charge in [0, 0.05) is 25.6 Å². The molecule has 2 fully saturated rings. The van der Waals surface area contributed by atoms with Crippen LogP contribution in [0.3, 0.4) is 0 Å². The maximum Gasteiger partial charge on any atom is 0.226 e. The number of hydrogen-bond donors (Lipinski definition) is 2. The lowest BCUT2D eigenvalue weighted by atomic mass is 9.90. The lowest BCUT2D eigenvalue weighted by molar-refractivity contribution is -0.139. The summed E-state index contributed by atoms with van der Waals surface area (Å²) in [5.74, 6) is 0.725. The number of carbonyl (C=O) groups is 1. The van der Waals surface area contributed by atoms with Crippen molar-refractivity contribution in [2.24, 2.45) is 11.8 Å². The van der Waals surface area contributed by atoms with Crippen molar-refractivity contribution in [3.8, 4) is 0 Å². The van der Waals surface area contributed by atoms with Gasteiger partial charge in [0.1, 0.15) is 0 Å². The molecule has 2 rings (SSSR count). The summed E-state index contributed by atoms with van der Waals surface area (Å²) < 4.78 is 0. The second-order valence-electron chi connectivity index (χ2n) is 5.35. The van der Waals surface area contributed by atoms with E-state index in [-0.39, 0.29) is 17.9 Å². The zero-order chi connectivity index (χ0) is 12.3. The third-order valence-corrected chi connectivity index (χ3v) is 4.18. The normalized spacial score (nSPS) is 34.7. The molecule has 2 aliphatic heterocycles. The lowest BCUT2D eigenvalue weighted by Gasteiger charge is -2.38.